The van der Waals surface area contributed by atoms with Gasteiger partial charge >= 0.3 is 0 Å². The van der Waals surface area contributed by atoms with Crippen molar-refractivity contribution in [2.24, 2.45) is 0 Å². The molecule has 2 saturated heterocycles. The number of nitrogens with zero attached hydrogens (tertiary/aromatic N) is 2. The van der Waals surface area contributed by atoms with Gasteiger partial charge in [-0.15, -0.1) is 0 Å². The number of anilines is 1. The Bertz CT molecular complexity index is 480. The van der Waals surface area contributed by atoms with Crippen LogP contribution in [0.15, 0.2) is 18.2 Å². The van der Waals surface area contributed by atoms with E-state index in [9.17, 15) is 0 Å². The molecule has 0 bridgehead atoms. The van der Waals surface area contributed by atoms with Gasteiger partial charge in [-0.05, 0) is 44.5 Å². The van der Waals surface area contributed by atoms with Crippen LogP contribution >= 0.6 is 11.6 Å². The van der Waals surface area contributed by atoms with Crippen LogP contribution < -0.4 is 9.64 Å². The predicted molar refractivity (Wildman–Crippen MR) is 84.0 cm³/mol. The molecular weight excluding hydrogens is 272 g/mol. The standard InChI is InChI=1S/C16H23ClN2O/c1-12-10-18-8-4-3-5-14(18)11-19(12)15-9-13(17)6-7-16(15)20-2/h6-7,9,12,14H,3-5,8,10-11H2,1-2H3. The molecule has 2 atom stereocenters. The number of fused-ring (bicyclic) bond motifs is 1. The number of rotatable bonds is 2. The molecule has 0 N–H and O–H groups in total. The molecule has 0 saturated carbocycles. The number of halogens is 1. The van der Waals surface area contributed by atoms with E-state index < -0.39 is 0 Å². The van der Waals surface area contributed by atoms with Crippen LogP contribution in [-0.4, -0.2) is 43.7 Å². The minimum absolute atomic E-state index is 0.497. The monoisotopic (exact) mass is 294 g/mol. The van der Waals surface area contributed by atoms with Crippen molar-refractivity contribution in [1.29, 1.82) is 0 Å². The van der Waals surface area contributed by atoms with Crippen molar-refractivity contribution in [2.45, 2.75) is 38.3 Å². The van der Waals surface area contributed by atoms with Crippen molar-refractivity contribution >= 4 is 17.3 Å². The zero-order chi connectivity index (χ0) is 14.1. The van der Waals surface area contributed by atoms with Crippen LogP contribution in [0.5, 0.6) is 5.75 Å². The van der Waals surface area contributed by atoms with Gasteiger partial charge in [-0.25, -0.2) is 0 Å². The molecule has 0 radical (unpaired) electrons. The van der Waals surface area contributed by atoms with Gasteiger partial charge in [0, 0.05) is 30.2 Å². The number of hydrogen-bond donors (Lipinski definition) is 0. The van der Waals surface area contributed by atoms with E-state index in [1.165, 1.54) is 25.8 Å². The first kappa shape index (κ1) is 14.0. The quantitative estimate of drug-likeness (QED) is 0.831. The molecule has 20 heavy (non-hydrogen) atoms. The molecule has 2 aliphatic heterocycles. The summed E-state index contributed by atoms with van der Waals surface area (Å²) in [6.45, 7) is 5.78. The molecular formula is C16H23ClN2O. The second-order valence-corrected chi connectivity index (χ2v) is 6.40. The topological polar surface area (TPSA) is 15.7 Å². The molecule has 2 unspecified atom stereocenters. The summed E-state index contributed by atoms with van der Waals surface area (Å²) >= 11 is 6.19. The number of methoxy groups -OCH3 is 1. The summed E-state index contributed by atoms with van der Waals surface area (Å²) in [6.07, 6.45) is 4.02. The van der Waals surface area contributed by atoms with Gasteiger partial charge in [0.1, 0.15) is 5.75 Å². The van der Waals surface area contributed by atoms with Crippen LogP contribution in [0.1, 0.15) is 26.2 Å². The van der Waals surface area contributed by atoms with E-state index in [4.69, 9.17) is 16.3 Å². The van der Waals surface area contributed by atoms with Crippen LogP contribution in [-0.2, 0) is 0 Å². The fraction of sp³-hybridized carbons (Fsp3) is 0.625. The van der Waals surface area contributed by atoms with E-state index >= 15 is 0 Å². The van der Waals surface area contributed by atoms with Crippen LogP contribution in [0.3, 0.4) is 0 Å². The van der Waals surface area contributed by atoms with Gasteiger partial charge in [-0.1, -0.05) is 18.0 Å². The highest BCUT2D eigenvalue weighted by Gasteiger charge is 2.34. The molecule has 4 heteroatoms. The van der Waals surface area contributed by atoms with Gasteiger partial charge in [0.25, 0.3) is 0 Å². The van der Waals surface area contributed by atoms with Crippen LogP contribution in [0.25, 0.3) is 0 Å². The highest BCUT2D eigenvalue weighted by atomic mass is 35.5. The molecule has 1 aromatic carbocycles. The van der Waals surface area contributed by atoms with Gasteiger partial charge in [0.15, 0.2) is 0 Å². The molecule has 3 rings (SSSR count). The zero-order valence-electron chi connectivity index (χ0n) is 12.3. The lowest BCUT2D eigenvalue weighted by molar-refractivity contribution is 0.115. The number of hydrogen-bond acceptors (Lipinski definition) is 3. The van der Waals surface area contributed by atoms with Crippen molar-refractivity contribution in [3.63, 3.8) is 0 Å². The first-order chi connectivity index (χ1) is 9.69. The third-order valence-corrected chi connectivity index (χ3v) is 4.87. The third kappa shape index (κ3) is 2.61. The number of piperidine rings is 1. The Labute approximate surface area is 126 Å². The second-order valence-electron chi connectivity index (χ2n) is 5.96. The molecule has 110 valence electrons. The molecule has 1 aromatic rings. The van der Waals surface area contributed by atoms with Crippen LogP contribution in [0.4, 0.5) is 5.69 Å². The molecule has 2 heterocycles. The molecule has 0 aliphatic carbocycles. The van der Waals surface area contributed by atoms with E-state index in [0.717, 1.165) is 29.5 Å². The van der Waals surface area contributed by atoms with Crippen molar-refractivity contribution in [3.8, 4) is 5.75 Å². The maximum absolute atomic E-state index is 6.19. The molecule has 2 aliphatic rings. The van der Waals surface area contributed by atoms with Crippen LogP contribution in [0, 0.1) is 0 Å². The lowest BCUT2D eigenvalue weighted by atomic mass is 9.96. The van der Waals surface area contributed by atoms with Crippen molar-refractivity contribution in [3.05, 3.63) is 23.2 Å². The summed E-state index contributed by atoms with van der Waals surface area (Å²) < 4.78 is 5.52. The van der Waals surface area contributed by atoms with Crippen molar-refractivity contribution < 1.29 is 4.74 Å². The van der Waals surface area contributed by atoms with Crippen LogP contribution in [0.2, 0.25) is 5.02 Å². The van der Waals surface area contributed by atoms with Gasteiger partial charge in [-0.2, -0.15) is 0 Å². The summed E-state index contributed by atoms with van der Waals surface area (Å²) in [5.74, 6) is 0.922. The Morgan fingerprint density at radius 1 is 1.25 bits per heavy atom. The minimum Gasteiger partial charge on any atom is -0.495 e. The summed E-state index contributed by atoms with van der Waals surface area (Å²) in [7, 11) is 1.73. The van der Waals surface area contributed by atoms with Gasteiger partial charge < -0.3 is 9.64 Å². The Morgan fingerprint density at radius 2 is 2.10 bits per heavy atom. The SMILES string of the molecule is COc1ccc(Cl)cc1N1CC2CCCCN2CC1C. The van der Waals surface area contributed by atoms with E-state index in [-0.39, 0.29) is 0 Å². The molecule has 3 nitrogen and oxygen atoms in total. The highest BCUT2D eigenvalue weighted by molar-refractivity contribution is 6.30. The van der Waals surface area contributed by atoms with Gasteiger partial charge in [0.2, 0.25) is 0 Å². The summed E-state index contributed by atoms with van der Waals surface area (Å²) in [4.78, 5) is 5.12. The number of piperazine rings is 1. The Hall–Kier alpha value is -0.930. The Morgan fingerprint density at radius 3 is 2.90 bits per heavy atom. The number of benzene rings is 1. The first-order valence-corrected chi connectivity index (χ1v) is 7.91. The first-order valence-electron chi connectivity index (χ1n) is 7.53. The van der Waals surface area contributed by atoms with Crippen molar-refractivity contribution in [1.82, 2.24) is 4.90 Å². The van der Waals surface area contributed by atoms with Crippen molar-refractivity contribution in [2.75, 3.05) is 31.6 Å². The average molecular weight is 295 g/mol. The Kier molecular flexibility index (Phi) is 4.08. The third-order valence-electron chi connectivity index (χ3n) is 4.64. The fourth-order valence-electron chi connectivity index (χ4n) is 3.58. The molecule has 0 amide bonds. The average Bonchev–Trinajstić information content (AvgIpc) is 2.46. The maximum Gasteiger partial charge on any atom is 0.142 e. The molecule has 0 spiro atoms. The molecule has 0 aromatic heterocycles. The van der Waals surface area contributed by atoms with E-state index in [1.807, 2.05) is 18.2 Å². The number of ether oxygens (including phenoxy) is 1. The lowest BCUT2D eigenvalue weighted by Gasteiger charge is -2.48. The summed E-state index contributed by atoms with van der Waals surface area (Å²) in [5.41, 5.74) is 1.14. The maximum atomic E-state index is 6.19. The minimum atomic E-state index is 0.497. The Balaban J connectivity index is 1.87. The largest absolute Gasteiger partial charge is 0.495 e. The zero-order valence-corrected chi connectivity index (χ0v) is 13.1. The van der Waals surface area contributed by atoms with Gasteiger partial charge in [-0.3, -0.25) is 4.90 Å². The second kappa shape index (κ2) is 5.82. The van der Waals surface area contributed by atoms with E-state index in [0.29, 0.717) is 12.1 Å². The molecule has 2 fully saturated rings. The van der Waals surface area contributed by atoms with E-state index in [2.05, 4.69) is 16.7 Å². The summed E-state index contributed by atoms with van der Waals surface area (Å²) in [5, 5.41) is 0.777. The van der Waals surface area contributed by atoms with E-state index in [1.54, 1.807) is 7.11 Å². The van der Waals surface area contributed by atoms with Gasteiger partial charge in [0.05, 0.1) is 12.8 Å². The fourth-order valence-corrected chi connectivity index (χ4v) is 3.74. The summed E-state index contributed by atoms with van der Waals surface area (Å²) in [6, 6.07) is 7.08. The highest BCUT2D eigenvalue weighted by Crippen LogP contribution is 2.35. The smallest absolute Gasteiger partial charge is 0.142 e. The lowest BCUT2D eigenvalue weighted by Crippen LogP contribution is -2.58. The normalized spacial score (nSPS) is 27.2. The predicted octanol–water partition coefficient (Wildman–Crippen LogP) is 3.41.